The number of amides is 2. The van der Waals surface area contributed by atoms with Crippen LogP contribution in [0, 0.1) is 13.8 Å². The van der Waals surface area contributed by atoms with Crippen molar-refractivity contribution < 1.29 is 27.5 Å². The van der Waals surface area contributed by atoms with Crippen LogP contribution in [0.15, 0.2) is 59.5 Å². The smallest absolute Gasteiger partial charge is 0.264 e. The Hall–Kier alpha value is -3.47. The number of methoxy groups -OCH3 is 2. The van der Waals surface area contributed by atoms with E-state index in [1.54, 1.807) is 37.3 Å². The first kappa shape index (κ1) is 33.0. The topological polar surface area (TPSA) is 105 Å². The maximum atomic E-state index is 14.2. The number of rotatable bonds is 12. The third-order valence-electron chi connectivity index (χ3n) is 6.69. The summed E-state index contributed by atoms with van der Waals surface area (Å²) in [4.78, 5) is 28.3. The molecule has 0 aromatic heterocycles. The number of likely N-dealkylation sites (N-methyl/N-ethyl adjacent to an activating group) is 1. The van der Waals surface area contributed by atoms with E-state index in [-0.39, 0.29) is 23.1 Å². The molecular formula is C30H35Cl2N3O6S. The molecule has 3 aromatic rings. The van der Waals surface area contributed by atoms with Crippen LogP contribution < -0.4 is 19.1 Å². The Morgan fingerprint density at radius 2 is 1.55 bits per heavy atom. The lowest BCUT2D eigenvalue weighted by Gasteiger charge is -2.33. The van der Waals surface area contributed by atoms with Crippen LogP contribution in [0.4, 0.5) is 5.69 Å². The minimum absolute atomic E-state index is 0.00125. The van der Waals surface area contributed by atoms with Gasteiger partial charge in [0.25, 0.3) is 10.0 Å². The van der Waals surface area contributed by atoms with Crippen molar-refractivity contribution in [1.29, 1.82) is 0 Å². The van der Waals surface area contributed by atoms with Crippen molar-refractivity contribution in [3.05, 3.63) is 81.3 Å². The molecule has 42 heavy (non-hydrogen) atoms. The van der Waals surface area contributed by atoms with Crippen molar-refractivity contribution in [2.24, 2.45) is 0 Å². The normalized spacial score (nSPS) is 11.9. The van der Waals surface area contributed by atoms with Gasteiger partial charge in [-0.25, -0.2) is 8.42 Å². The number of nitrogens with one attached hydrogen (secondary N) is 1. The van der Waals surface area contributed by atoms with Crippen LogP contribution in [0.25, 0.3) is 0 Å². The van der Waals surface area contributed by atoms with Gasteiger partial charge < -0.3 is 19.7 Å². The lowest BCUT2D eigenvalue weighted by atomic mass is 10.1. The van der Waals surface area contributed by atoms with E-state index in [1.807, 2.05) is 19.9 Å². The first-order valence-corrected chi connectivity index (χ1v) is 15.3. The Kier molecular flexibility index (Phi) is 11.1. The maximum absolute atomic E-state index is 14.2. The fourth-order valence-electron chi connectivity index (χ4n) is 4.65. The number of hydrogen-bond acceptors (Lipinski definition) is 6. The third kappa shape index (κ3) is 7.48. The molecule has 3 aromatic carbocycles. The zero-order valence-corrected chi connectivity index (χ0v) is 26.7. The van der Waals surface area contributed by atoms with E-state index in [1.165, 1.54) is 44.4 Å². The summed E-state index contributed by atoms with van der Waals surface area (Å²) in [6.45, 7) is 4.88. The highest BCUT2D eigenvalue weighted by Crippen LogP contribution is 2.33. The second kappa shape index (κ2) is 14.1. The van der Waals surface area contributed by atoms with Crippen molar-refractivity contribution in [2.75, 3.05) is 32.1 Å². The third-order valence-corrected chi connectivity index (χ3v) is 9.19. The zero-order chi connectivity index (χ0) is 31.2. The molecule has 0 radical (unpaired) electrons. The number of benzene rings is 3. The second-order valence-corrected chi connectivity index (χ2v) is 12.4. The molecule has 1 N–H and O–H groups in total. The van der Waals surface area contributed by atoms with E-state index in [4.69, 9.17) is 32.7 Å². The van der Waals surface area contributed by atoms with Crippen LogP contribution in [0.5, 0.6) is 11.5 Å². The van der Waals surface area contributed by atoms with Crippen molar-refractivity contribution in [3.8, 4) is 11.5 Å². The lowest BCUT2D eigenvalue weighted by Crippen LogP contribution is -2.51. The van der Waals surface area contributed by atoms with E-state index in [2.05, 4.69) is 5.32 Å². The molecule has 226 valence electrons. The van der Waals surface area contributed by atoms with Gasteiger partial charge in [-0.1, -0.05) is 42.3 Å². The first-order chi connectivity index (χ1) is 19.9. The van der Waals surface area contributed by atoms with Crippen LogP contribution in [0.2, 0.25) is 10.0 Å². The van der Waals surface area contributed by atoms with Gasteiger partial charge in [-0.3, -0.25) is 13.9 Å². The molecular weight excluding hydrogens is 601 g/mol. The molecule has 12 heteroatoms. The van der Waals surface area contributed by atoms with Gasteiger partial charge in [-0.15, -0.1) is 0 Å². The number of ether oxygens (including phenoxy) is 2. The summed E-state index contributed by atoms with van der Waals surface area (Å²) in [5, 5.41) is 3.24. The molecule has 0 saturated heterocycles. The average molecular weight is 637 g/mol. The Labute approximate surface area is 257 Å². The summed E-state index contributed by atoms with van der Waals surface area (Å²) in [6, 6.07) is 13.6. The van der Waals surface area contributed by atoms with Crippen LogP contribution in [-0.2, 0) is 26.2 Å². The molecule has 0 fully saturated rings. The molecule has 1 unspecified atom stereocenters. The highest BCUT2D eigenvalue weighted by Gasteiger charge is 2.34. The molecule has 0 aliphatic carbocycles. The number of carbonyl (C=O) groups is 2. The van der Waals surface area contributed by atoms with Gasteiger partial charge >= 0.3 is 0 Å². The van der Waals surface area contributed by atoms with Gasteiger partial charge in [0.2, 0.25) is 11.8 Å². The molecule has 2 amide bonds. The average Bonchev–Trinajstić information content (AvgIpc) is 2.96. The summed E-state index contributed by atoms with van der Waals surface area (Å²) >= 11 is 12.3. The van der Waals surface area contributed by atoms with Gasteiger partial charge in [0, 0.05) is 19.7 Å². The number of carbonyl (C=O) groups excluding carboxylic acids is 2. The molecule has 3 rings (SSSR count). The van der Waals surface area contributed by atoms with Gasteiger partial charge in [0.05, 0.1) is 34.8 Å². The second-order valence-electron chi connectivity index (χ2n) is 9.68. The van der Waals surface area contributed by atoms with Crippen LogP contribution in [-0.4, -0.2) is 59.0 Å². The van der Waals surface area contributed by atoms with Gasteiger partial charge in [0.1, 0.15) is 12.6 Å². The summed E-state index contributed by atoms with van der Waals surface area (Å²) in [6.07, 6.45) is 0.290. The Morgan fingerprint density at radius 3 is 2.10 bits per heavy atom. The van der Waals surface area contributed by atoms with E-state index in [0.29, 0.717) is 33.5 Å². The minimum atomic E-state index is -4.31. The van der Waals surface area contributed by atoms with E-state index >= 15 is 0 Å². The number of nitrogens with zero attached hydrogens (tertiary/aromatic N) is 2. The number of aryl methyl sites for hydroxylation is 2. The Balaban J connectivity index is 2.14. The standard InChI is InChI=1S/C30H35Cl2N3O6S/c1-7-26(30(37)33-4)34(17-21-8-10-24(31)25(32)15-21)29(36)18-35(22-13-19(2)12-20(3)14-22)42(38,39)23-9-11-27(40-5)28(16-23)41-6/h8-16,26H,7,17-18H2,1-6H3,(H,33,37). The lowest BCUT2D eigenvalue weighted by molar-refractivity contribution is -0.140. The molecule has 0 aliphatic heterocycles. The molecule has 0 saturated carbocycles. The van der Waals surface area contributed by atoms with Crippen molar-refractivity contribution >= 4 is 50.7 Å². The Bertz CT molecular complexity index is 1540. The van der Waals surface area contributed by atoms with E-state index in [0.717, 1.165) is 15.4 Å². The summed E-state index contributed by atoms with van der Waals surface area (Å²) in [5.41, 5.74) is 2.56. The fourth-order valence-corrected chi connectivity index (χ4v) is 6.38. The largest absolute Gasteiger partial charge is 0.493 e. The number of halogens is 2. The van der Waals surface area contributed by atoms with Crippen LogP contribution >= 0.6 is 23.2 Å². The monoisotopic (exact) mass is 635 g/mol. The summed E-state index contributed by atoms with van der Waals surface area (Å²) < 4.78 is 40.1. The molecule has 0 bridgehead atoms. The molecule has 0 heterocycles. The molecule has 1 atom stereocenters. The van der Waals surface area contributed by atoms with Crippen molar-refractivity contribution in [1.82, 2.24) is 10.2 Å². The summed E-state index contributed by atoms with van der Waals surface area (Å²) in [5.74, 6) is -0.391. The number of sulfonamides is 1. The van der Waals surface area contributed by atoms with Crippen LogP contribution in [0.1, 0.15) is 30.0 Å². The molecule has 0 spiro atoms. The SMILES string of the molecule is CCC(C(=O)NC)N(Cc1ccc(Cl)c(Cl)c1)C(=O)CN(c1cc(C)cc(C)c1)S(=O)(=O)c1ccc(OC)c(OC)c1. The quantitative estimate of drug-likeness (QED) is 0.287. The zero-order valence-electron chi connectivity index (χ0n) is 24.4. The van der Waals surface area contributed by atoms with Crippen molar-refractivity contribution in [3.63, 3.8) is 0 Å². The molecule has 9 nitrogen and oxygen atoms in total. The van der Waals surface area contributed by atoms with Gasteiger partial charge in [0.15, 0.2) is 11.5 Å². The van der Waals surface area contributed by atoms with E-state index < -0.39 is 28.5 Å². The maximum Gasteiger partial charge on any atom is 0.264 e. The van der Waals surface area contributed by atoms with E-state index in [9.17, 15) is 18.0 Å². The van der Waals surface area contributed by atoms with Crippen LogP contribution in [0.3, 0.4) is 0 Å². The first-order valence-electron chi connectivity index (χ1n) is 13.1. The number of anilines is 1. The highest BCUT2D eigenvalue weighted by atomic mass is 35.5. The minimum Gasteiger partial charge on any atom is -0.493 e. The predicted octanol–water partition coefficient (Wildman–Crippen LogP) is 5.38. The Morgan fingerprint density at radius 1 is 0.905 bits per heavy atom. The highest BCUT2D eigenvalue weighted by molar-refractivity contribution is 7.92. The summed E-state index contributed by atoms with van der Waals surface area (Å²) in [7, 11) is 0.0330. The predicted molar refractivity (Wildman–Crippen MR) is 165 cm³/mol. The van der Waals surface area contributed by atoms with Crippen molar-refractivity contribution in [2.45, 2.75) is 44.7 Å². The van der Waals surface area contributed by atoms with Gasteiger partial charge in [-0.2, -0.15) is 0 Å². The number of hydrogen-bond donors (Lipinski definition) is 1. The van der Waals surface area contributed by atoms with Gasteiger partial charge in [-0.05, 0) is 73.4 Å². The molecule has 0 aliphatic rings. The fraction of sp³-hybridized carbons (Fsp3) is 0.333.